The molecule has 0 heteroatoms. The molecule has 0 aromatic heterocycles. The zero-order chi connectivity index (χ0) is 7.94. The van der Waals surface area contributed by atoms with E-state index in [1.807, 2.05) is 24.3 Å². The van der Waals surface area contributed by atoms with Gasteiger partial charge in [-0.15, -0.1) is 0 Å². The van der Waals surface area contributed by atoms with Crippen LogP contribution in [0.15, 0.2) is 30.3 Å². The van der Waals surface area contributed by atoms with E-state index in [0.29, 0.717) is 0 Å². The monoisotopic (exact) mass is 144 g/mol. The van der Waals surface area contributed by atoms with Crippen LogP contribution in [0.2, 0.25) is 0 Å². The average molecular weight is 144 g/mol. The number of rotatable bonds is 3. The number of allylic oxidation sites excluding steroid dienone is 1. The predicted octanol–water partition coefficient (Wildman–Crippen LogP) is 3.11. The molecule has 1 rings (SSSR count). The molecule has 11 heavy (non-hydrogen) atoms. The van der Waals surface area contributed by atoms with Gasteiger partial charge in [0.25, 0.3) is 0 Å². The molecule has 0 atom stereocenters. The maximum Gasteiger partial charge on any atom is -0.0106 e. The molecule has 0 saturated heterocycles. The van der Waals surface area contributed by atoms with Gasteiger partial charge in [0.2, 0.25) is 0 Å². The Kier molecular flexibility index (Phi) is 3.46. The highest BCUT2D eigenvalue weighted by Gasteiger charge is 1.81. The molecule has 0 spiro atoms. The Labute approximate surface area is 68.6 Å². The van der Waals surface area contributed by atoms with Crippen LogP contribution in [0.1, 0.15) is 18.4 Å². The smallest absolute Gasteiger partial charge is 0.0106 e. The highest BCUT2D eigenvalue weighted by Crippen LogP contribution is 2.01. The van der Waals surface area contributed by atoms with Gasteiger partial charge in [-0.25, -0.2) is 0 Å². The summed E-state index contributed by atoms with van der Waals surface area (Å²) in [5.41, 5.74) is 1.14. The second-order valence-corrected chi connectivity index (χ2v) is 2.36. The summed E-state index contributed by atoms with van der Waals surface area (Å²) in [5, 5.41) is 0. The van der Waals surface area contributed by atoms with Gasteiger partial charge in [0.1, 0.15) is 0 Å². The van der Waals surface area contributed by atoms with Crippen molar-refractivity contribution in [1.29, 1.82) is 0 Å². The summed E-state index contributed by atoms with van der Waals surface area (Å²) in [6.07, 6.45) is 6.20. The van der Waals surface area contributed by atoms with Gasteiger partial charge in [-0.05, 0) is 24.5 Å². The van der Waals surface area contributed by atoms with Crippen LogP contribution in [-0.2, 0) is 0 Å². The molecule has 0 aliphatic rings. The second-order valence-electron chi connectivity index (χ2n) is 2.36. The van der Waals surface area contributed by atoms with E-state index in [1.54, 1.807) is 0 Å². The first-order valence-corrected chi connectivity index (χ1v) is 3.86. The molecule has 0 fully saturated rings. The minimum atomic E-state index is 0.962. The van der Waals surface area contributed by atoms with Crippen molar-refractivity contribution in [3.05, 3.63) is 48.9 Å². The molecule has 0 unspecified atom stereocenters. The van der Waals surface area contributed by atoms with Gasteiger partial charge < -0.3 is 0 Å². The van der Waals surface area contributed by atoms with Gasteiger partial charge in [0, 0.05) is 0 Å². The Hall–Kier alpha value is -1.04. The Bertz CT molecular complexity index is 209. The third kappa shape index (κ3) is 3.03. The first kappa shape index (κ1) is 8.06. The standard InChI is InChI=1S/C11H12/c1-2-3-5-8-11-9-6-4-7-10-11/h4-9H,1-3H2. The van der Waals surface area contributed by atoms with Crippen molar-refractivity contribution >= 4 is 6.08 Å². The fourth-order valence-corrected chi connectivity index (χ4v) is 0.839. The summed E-state index contributed by atoms with van der Waals surface area (Å²) in [4.78, 5) is 0. The molecule has 0 heterocycles. The fraction of sp³-hybridized carbons (Fsp3) is 0.182. The summed E-state index contributed by atoms with van der Waals surface area (Å²) < 4.78 is 0. The van der Waals surface area contributed by atoms with E-state index in [9.17, 15) is 0 Å². The summed E-state index contributed by atoms with van der Waals surface area (Å²) in [6, 6.07) is 11.1. The quantitative estimate of drug-likeness (QED) is 0.611. The van der Waals surface area contributed by atoms with E-state index < -0.39 is 0 Å². The summed E-state index contributed by atoms with van der Waals surface area (Å²) in [6.45, 7) is 3.76. The zero-order valence-electron chi connectivity index (χ0n) is 6.59. The predicted molar refractivity (Wildman–Crippen MR) is 48.9 cm³/mol. The molecular weight excluding hydrogens is 132 g/mol. The van der Waals surface area contributed by atoms with Crippen LogP contribution in [0.3, 0.4) is 0 Å². The van der Waals surface area contributed by atoms with Crippen LogP contribution < -0.4 is 0 Å². The molecule has 0 nitrogen and oxygen atoms in total. The first-order chi connectivity index (χ1) is 5.43. The van der Waals surface area contributed by atoms with Crippen LogP contribution in [0.25, 0.3) is 6.08 Å². The minimum Gasteiger partial charge on any atom is -0.0839 e. The molecule has 0 amide bonds. The van der Waals surface area contributed by atoms with Crippen molar-refractivity contribution in [2.75, 3.05) is 0 Å². The van der Waals surface area contributed by atoms with Crippen LogP contribution >= 0.6 is 0 Å². The topological polar surface area (TPSA) is 0 Å². The molecule has 1 aromatic rings. The highest BCUT2D eigenvalue weighted by atomic mass is 13.9. The summed E-state index contributed by atoms with van der Waals surface area (Å²) in [7, 11) is 0. The molecular formula is C11H12. The molecule has 0 aliphatic carbocycles. The molecule has 56 valence electrons. The summed E-state index contributed by atoms with van der Waals surface area (Å²) in [5.74, 6) is 0. The lowest BCUT2D eigenvalue weighted by Gasteiger charge is -1.88. The first-order valence-electron chi connectivity index (χ1n) is 3.86. The third-order valence-corrected chi connectivity index (χ3v) is 1.40. The maximum absolute atomic E-state index is 3.76. The zero-order valence-corrected chi connectivity index (χ0v) is 6.59. The fourth-order valence-electron chi connectivity index (χ4n) is 0.839. The lowest BCUT2D eigenvalue weighted by atomic mass is 10.2. The Morgan fingerprint density at radius 1 is 1.45 bits per heavy atom. The lowest BCUT2D eigenvalue weighted by molar-refractivity contribution is 1.06. The van der Waals surface area contributed by atoms with Gasteiger partial charge in [-0.2, -0.15) is 0 Å². The number of benzene rings is 1. The second kappa shape index (κ2) is 4.73. The van der Waals surface area contributed by atoms with E-state index in [1.165, 1.54) is 0 Å². The molecule has 0 aliphatic heterocycles. The maximum atomic E-state index is 3.76. The molecule has 0 saturated carbocycles. The number of unbranched alkanes of at least 4 members (excludes halogenated alkanes) is 1. The SMILES string of the molecule is [CH2]CCC=Cc1[c]cccc1. The van der Waals surface area contributed by atoms with Crippen molar-refractivity contribution in [1.82, 2.24) is 0 Å². The van der Waals surface area contributed by atoms with Crippen LogP contribution in [0.5, 0.6) is 0 Å². The van der Waals surface area contributed by atoms with Crippen molar-refractivity contribution in [3.8, 4) is 0 Å². The van der Waals surface area contributed by atoms with E-state index in [-0.39, 0.29) is 0 Å². The molecule has 0 bridgehead atoms. The van der Waals surface area contributed by atoms with E-state index in [4.69, 9.17) is 0 Å². The van der Waals surface area contributed by atoms with Crippen molar-refractivity contribution < 1.29 is 0 Å². The Morgan fingerprint density at radius 3 is 3.00 bits per heavy atom. The van der Waals surface area contributed by atoms with Crippen molar-refractivity contribution in [2.45, 2.75) is 12.8 Å². The van der Waals surface area contributed by atoms with Gasteiger partial charge in [0.15, 0.2) is 0 Å². The molecule has 0 N–H and O–H groups in total. The van der Waals surface area contributed by atoms with Gasteiger partial charge in [-0.3, -0.25) is 0 Å². The third-order valence-electron chi connectivity index (χ3n) is 1.40. The largest absolute Gasteiger partial charge is 0.0839 e. The van der Waals surface area contributed by atoms with Crippen LogP contribution in [0, 0.1) is 13.0 Å². The molecule has 1 aromatic carbocycles. The normalized spacial score (nSPS) is 10.6. The van der Waals surface area contributed by atoms with Crippen molar-refractivity contribution in [3.63, 3.8) is 0 Å². The van der Waals surface area contributed by atoms with E-state index in [2.05, 4.69) is 25.1 Å². The Morgan fingerprint density at radius 2 is 2.36 bits per heavy atom. The summed E-state index contributed by atoms with van der Waals surface area (Å²) >= 11 is 0. The van der Waals surface area contributed by atoms with E-state index in [0.717, 1.165) is 18.4 Å². The Balaban J connectivity index is 2.50. The van der Waals surface area contributed by atoms with Crippen molar-refractivity contribution in [2.24, 2.45) is 0 Å². The highest BCUT2D eigenvalue weighted by molar-refractivity contribution is 5.47. The van der Waals surface area contributed by atoms with E-state index >= 15 is 0 Å². The number of hydrogen-bond acceptors (Lipinski definition) is 0. The minimum absolute atomic E-state index is 0.962. The lowest BCUT2D eigenvalue weighted by Crippen LogP contribution is -1.69. The van der Waals surface area contributed by atoms with Gasteiger partial charge >= 0.3 is 0 Å². The number of hydrogen-bond donors (Lipinski definition) is 0. The molecule has 2 radical (unpaired) electrons. The van der Waals surface area contributed by atoms with Gasteiger partial charge in [-0.1, -0.05) is 43.3 Å². The van der Waals surface area contributed by atoms with Crippen LogP contribution in [0.4, 0.5) is 0 Å². The van der Waals surface area contributed by atoms with Crippen LogP contribution in [-0.4, -0.2) is 0 Å². The van der Waals surface area contributed by atoms with Gasteiger partial charge in [0.05, 0.1) is 0 Å². The average Bonchev–Trinajstić information content (AvgIpc) is 2.07.